The summed E-state index contributed by atoms with van der Waals surface area (Å²) in [5.41, 5.74) is 0. The number of aliphatic hydroxyl groups is 2. The Labute approximate surface area is 309 Å². The Morgan fingerprint density at radius 3 is 1.50 bits per heavy atom. The lowest BCUT2D eigenvalue weighted by atomic mass is 10.1. The number of ether oxygens (including phenoxy) is 1. The van der Waals surface area contributed by atoms with Crippen molar-refractivity contribution < 1.29 is 24.5 Å². The number of unbranched alkanes of at least 4 members (excludes halogenated alkanes) is 23. The second kappa shape index (κ2) is 39.9. The standard InChI is InChI=1S/C44H81NO5/c1-3-5-7-9-11-13-15-17-20-24-28-32-36-42(47)41(40-46)45-43(48)37-33-29-25-21-19-23-27-31-35-39-50-44(49)38-34-30-26-22-18-16-14-12-10-8-6-4-2/h12,14,21,25,32,36,41-42,46-47H,3-11,13,15-20,22-24,26-31,33-35,37-40H2,1-2H3,(H,45,48)/b14-12-,25-21-,36-32+. The molecular formula is C44H81NO5. The highest BCUT2D eigenvalue weighted by Crippen LogP contribution is 2.13. The maximum atomic E-state index is 12.3. The number of allylic oxidation sites excluding steroid dienone is 5. The zero-order chi connectivity index (χ0) is 36.6. The molecule has 0 bridgehead atoms. The molecule has 292 valence electrons. The van der Waals surface area contributed by atoms with E-state index < -0.39 is 12.1 Å². The van der Waals surface area contributed by atoms with Gasteiger partial charge in [-0.25, -0.2) is 0 Å². The summed E-state index contributed by atoms with van der Waals surface area (Å²) in [6.07, 6.45) is 45.6. The minimum atomic E-state index is -0.874. The predicted molar refractivity (Wildman–Crippen MR) is 213 cm³/mol. The number of carbonyl (C=O) groups is 2. The highest BCUT2D eigenvalue weighted by Gasteiger charge is 2.17. The zero-order valence-corrected chi connectivity index (χ0v) is 32.9. The smallest absolute Gasteiger partial charge is 0.305 e. The van der Waals surface area contributed by atoms with Crippen LogP contribution in [0.3, 0.4) is 0 Å². The van der Waals surface area contributed by atoms with Crippen molar-refractivity contribution in [3.05, 3.63) is 36.5 Å². The number of aliphatic hydroxyl groups excluding tert-OH is 2. The SMILES string of the molecule is CCCCC/C=C\CCCCCCCC(=O)OCCCCCC/C=C\CCCC(=O)NC(CO)C(O)/C=C/CCCCCCCCCCCC. The monoisotopic (exact) mass is 704 g/mol. The van der Waals surface area contributed by atoms with Crippen LogP contribution in [0.15, 0.2) is 36.5 Å². The number of hydrogen-bond donors (Lipinski definition) is 3. The highest BCUT2D eigenvalue weighted by molar-refractivity contribution is 5.76. The van der Waals surface area contributed by atoms with E-state index in [-0.39, 0.29) is 18.5 Å². The maximum Gasteiger partial charge on any atom is 0.305 e. The van der Waals surface area contributed by atoms with Crippen molar-refractivity contribution in [2.24, 2.45) is 0 Å². The molecule has 0 spiro atoms. The van der Waals surface area contributed by atoms with Crippen LogP contribution in [-0.4, -0.2) is 47.4 Å². The Hall–Kier alpha value is -1.92. The van der Waals surface area contributed by atoms with E-state index in [0.29, 0.717) is 19.4 Å². The summed E-state index contributed by atoms with van der Waals surface area (Å²) < 4.78 is 5.40. The lowest BCUT2D eigenvalue weighted by molar-refractivity contribution is -0.143. The average molecular weight is 704 g/mol. The van der Waals surface area contributed by atoms with Gasteiger partial charge in [-0.2, -0.15) is 0 Å². The molecule has 0 aromatic rings. The van der Waals surface area contributed by atoms with Crippen molar-refractivity contribution in [3.63, 3.8) is 0 Å². The minimum absolute atomic E-state index is 0.0497. The first-order valence-corrected chi connectivity index (χ1v) is 21.3. The quantitative estimate of drug-likeness (QED) is 0.0338. The van der Waals surface area contributed by atoms with Gasteiger partial charge in [-0.1, -0.05) is 153 Å². The van der Waals surface area contributed by atoms with Crippen LogP contribution in [0.1, 0.15) is 206 Å². The number of nitrogens with one attached hydrogen (secondary N) is 1. The fourth-order valence-corrected chi connectivity index (χ4v) is 6.04. The lowest BCUT2D eigenvalue weighted by Crippen LogP contribution is -2.45. The zero-order valence-electron chi connectivity index (χ0n) is 32.9. The van der Waals surface area contributed by atoms with Crippen molar-refractivity contribution in [2.45, 2.75) is 219 Å². The van der Waals surface area contributed by atoms with Crippen LogP contribution in [0, 0.1) is 0 Å². The number of carbonyl (C=O) groups excluding carboxylic acids is 2. The van der Waals surface area contributed by atoms with Crippen LogP contribution in [0.4, 0.5) is 0 Å². The van der Waals surface area contributed by atoms with Crippen molar-refractivity contribution in [3.8, 4) is 0 Å². The molecular weight excluding hydrogens is 622 g/mol. The summed E-state index contributed by atoms with van der Waals surface area (Å²) in [7, 11) is 0. The van der Waals surface area contributed by atoms with E-state index in [4.69, 9.17) is 4.74 Å². The Kier molecular flexibility index (Phi) is 38.3. The first kappa shape index (κ1) is 48.1. The number of rotatable bonds is 38. The summed E-state index contributed by atoms with van der Waals surface area (Å²) in [5, 5.41) is 22.9. The number of amides is 1. The second-order valence-electron chi connectivity index (χ2n) is 14.3. The summed E-state index contributed by atoms with van der Waals surface area (Å²) in [4.78, 5) is 24.3. The van der Waals surface area contributed by atoms with Crippen LogP contribution < -0.4 is 5.32 Å². The molecule has 0 aliphatic carbocycles. The Bertz CT molecular complexity index is 823. The fourth-order valence-electron chi connectivity index (χ4n) is 6.04. The molecule has 6 heteroatoms. The van der Waals surface area contributed by atoms with Gasteiger partial charge in [-0.15, -0.1) is 0 Å². The van der Waals surface area contributed by atoms with E-state index in [9.17, 15) is 19.8 Å². The first-order valence-electron chi connectivity index (χ1n) is 21.3. The summed E-state index contributed by atoms with van der Waals surface area (Å²) >= 11 is 0. The molecule has 1 amide bonds. The Morgan fingerprint density at radius 2 is 0.960 bits per heavy atom. The van der Waals surface area contributed by atoms with Gasteiger partial charge >= 0.3 is 5.97 Å². The molecule has 0 fully saturated rings. The highest BCUT2D eigenvalue weighted by atomic mass is 16.5. The molecule has 0 saturated carbocycles. The molecule has 0 aliphatic heterocycles. The molecule has 0 saturated heterocycles. The molecule has 0 aromatic carbocycles. The predicted octanol–water partition coefficient (Wildman–Crippen LogP) is 11.8. The van der Waals surface area contributed by atoms with Gasteiger partial charge in [-0.05, 0) is 77.0 Å². The minimum Gasteiger partial charge on any atom is -0.466 e. The lowest BCUT2D eigenvalue weighted by Gasteiger charge is -2.19. The van der Waals surface area contributed by atoms with Gasteiger partial charge in [0.05, 0.1) is 25.4 Å². The van der Waals surface area contributed by atoms with Crippen molar-refractivity contribution in [1.82, 2.24) is 5.32 Å². The maximum absolute atomic E-state index is 12.3. The Morgan fingerprint density at radius 1 is 0.540 bits per heavy atom. The third-order valence-electron chi connectivity index (χ3n) is 9.38. The van der Waals surface area contributed by atoms with Crippen molar-refractivity contribution >= 4 is 11.9 Å². The van der Waals surface area contributed by atoms with Gasteiger partial charge in [0.25, 0.3) is 0 Å². The molecule has 0 aliphatic rings. The van der Waals surface area contributed by atoms with E-state index in [1.165, 1.54) is 109 Å². The van der Waals surface area contributed by atoms with Crippen LogP contribution in [0.25, 0.3) is 0 Å². The number of hydrogen-bond acceptors (Lipinski definition) is 5. The third kappa shape index (κ3) is 35.9. The first-order chi connectivity index (χ1) is 24.5. The largest absolute Gasteiger partial charge is 0.466 e. The van der Waals surface area contributed by atoms with Gasteiger partial charge in [0, 0.05) is 12.8 Å². The van der Waals surface area contributed by atoms with Gasteiger partial charge in [-0.3, -0.25) is 9.59 Å². The molecule has 0 heterocycles. The van der Waals surface area contributed by atoms with E-state index in [0.717, 1.165) is 70.6 Å². The molecule has 50 heavy (non-hydrogen) atoms. The summed E-state index contributed by atoms with van der Waals surface area (Å²) in [6.45, 7) is 4.75. The van der Waals surface area contributed by atoms with Crippen LogP contribution in [0.2, 0.25) is 0 Å². The average Bonchev–Trinajstić information content (AvgIpc) is 3.11. The van der Waals surface area contributed by atoms with E-state index in [1.54, 1.807) is 6.08 Å². The second-order valence-corrected chi connectivity index (χ2v) is 14.3. The molecule has 2 atom stereocenters. The van der Waals surface area contributed by atoms with Crippen LogP contribution in [-0.2, 0) is 14.3 Å². The topological polar surface area (TPSA) is 95.9 Å². The summed E-state index contributed by atoms with van der Waals surface area (Å²) in [6, 6.07) is -0.664. The molecule has 6 nitrogen and oxygen atoms in total. The summed E-state index contributed by atoms with van der Waals surface area (Å²) in [5.74, 6) is -0.182. The molecule has 0 aromatic heterocycles. The van der Waals surface area contributed by atoms with E-state index in [1.807, 2.05) is 6.08 Å². The van der Waals surface area contributed by atoms with E-state index in [2.05, 4.69) is 43.5 Å². The van der Waals surface area contributed by atoms with Crippen LogP contribution >= 0.6 is 0 Å². The van der Waals surface area contributed by atoms with Gasteiger partial charge < -0.3 is 20.3 Å². The Balaban J connectivity index is 3.63. The molecule has 2 unspecified atom stereocenters. The van der Waals surface area contributed by atoms with Gasteiger partial charge in [0.15, 0.2) is 0 Å². The van der Waals surface area contributed by atoms with E-state index >= 15 is 0 Å². The van der Waals surface area contributed by atoms with Crippen molar-refractivity contribution in [1.29, 1.82) is 0 Å². The van der Waals surface area contributed by atoms with Gasteiger partial charge in [0.2, 0.25) is 5.91 Å². The third-order valence-corrected chi connectivity index (χ3v) is 9.38. The molecule has 0 rings (SSSR count). The molecule has 3 N–H and O–H groups in total. The fraction of sp³-hybridized carbons (Fsp3) is 0.818. The molecule has 0 radical (unpaired) electrons. The van der Waals surface area contributed by atoms with Crippen LogP contribution in [0.5, 0.6) is 0 Å². The number of esters is 1. The normalized spacial score (nSPS) is 13.1. The van der Waals surface area contributed by atoms with Gasteiger partial charge in [0.1, 0.15) is 0 Å². The van der Waals surface area contributed by atoms with Crippen molar-refractivity contribution in [2.75, 3.05) is 13.2 Å².